The van der Waals surface area contributed by atoms with Gasteiger partial charge in [-0.05, 0) is 73.6 Å². The number of rotatable bonds is 10. The van der Waals surface area contributed by atoms with Gasteiger partial charge < -0.3 is 20.7 Å². The Labute approximate surface area is 225 Å². The summed E-state index contributed by atoms with van der Waals surface area (Å²) < 4.78 is 18.9. The number of nitrogens with one attached hydrogen (secondary N) is 1. The lowest BCUT2D eigenvalue weighted by molar-refractivity contribution is -0.127. The van der Waals surface area contributed by atoms with Gasteiger partial charge in [0.15, 0.2) is 0 Å². The molecule has 0 aromatic heterocycles. The summed E-state index contributed by atoms with van der Waals surface area (Å²) in [6.45, 7) is 2.89. The van der Waals surface area contributed by atoms with Crippen molar-refractivity contribution in [3.05, 3.63) is 65.5 Å². The fraction of sp³-hybridized carbons (Fsp3) is 0.533. The molecule has 4 rings (SSSR count). The number of halogens is 1. The fourth-order valence-corrected chi connectivity index (χ4v) is 5.89. The Morgan fingerprint density at radius 3 is 2.58 bits per heavy atom. The molecule has 0 spiro atoms. The van der Waals surface area contributed by atoms with Crippen molar-refractivity contribution in [1.82, 2.24) is 15.1 Å². The van der Waals surface area contributed by atoms with Gasteiger partial charge in [-0.1, -0.05) is 31.4 Å². The molecule has 1 unspecified atom stereocenters. The van der Waals surface area contributed by atoms with E-state index in [1.54, 1.807) is 12.0 Å². The van der Waals surface area contributed by atoms with Crippen molar-refractivity contribution < 1.29 is 18.7 Å². The summed E-state index contributed by atoms with van der Waals surface area (Å²) in [7, 11) is 1.68. The highest BCUT2D eigenvalue weighted by atomic mass is 19.1. The molecular weight excluding hydrogens is 483 g/mol. The summed E-state index contributed by atoms with van der Waals surface area (Å²) in [6, 6.07) is 13.2. The topological polar surface area (TPSA) is 87.9 Å². The number of hydrogen-bond donors (Lipinski definition) is 2. The normalized spacial score (nSPS) is 20.4. The number of piperidine rings is 1. The van der Waals surface area contributed by atoms with Crippen LogP contribution in [0.5, 0.6) is 5.75 Å². The van der Waals surface area contributed by atoms with Gasteiger partial charge in [0, 0.05) is 44.3 Å². The van der Waals surface area contributed by atoms with Crippen LogP contribution >= 0.6 is 0 Å². The molecule has 1 saturated heterocycles. The quantitative estimate of drug-likeness (QED) is 0.491. The minimum atomic E-state index is -0.614. The van der Waals surface area contributed by atoms with Crippen LogP contribution in [0.1, 0.15) is 60.9 Å². The number of benzene rings is 2. The molecule has 3 N–H and O–H groups in total. The number of nitrogens with two attached hydrogens (primary N) is 1. The second-order valence-corrected chi connectivity index (χ2v) is 10.6. The number of methoxy groups -OCH3 is 1. The van der Waals surface area contributed by atoms with Gasteiger partial charge in [0.1, 0.15) is 17.6 Å². The van der Waals surface area contributed by atoms with Crippen molar-refractivity contribution in [3.63, 3.8) is 0 Å². The van der Waals surface area contributed by atoms with Gasteiger partial charge in [0.2, 0.25) is 5.91 Å². The van der Waals surface area contributed by atoms with Gasteiger partial charge in [0.05, 0.1) is 7.11 Å². The van der Waals surface area contributed by atoms with Crippen molar-refractivity contribution in [2.24, 2.45) is 11.7 Å². The maximum atomic E-state index is 13.5. The predicted molar refractivity (Wildman–Crippen MR) is 146 cm³/mol. The second-order valence-electron chi connectivity index (χ2n) is 10.6. The van der Waals surface area contributed by atoms with Crippen molar-refractivity contribution in [2.45, 2.75) is 63.6 Å². The Hall–Kier alpha value is -2.97. The van der Waals surface area contributed by atoms with Gasteiger partial charge >= 0.3 is 0 Å². The molecule has 1 aliphatic carbocycles. The third-order valence-electron chi connectivity index (χ3n) is 7.93. The zero-order valence-corrected chi connectivity index (χ0v) is 22.4. The fourth-order valence-electron chi connectivity index (χ4n) is 5.89. The minimum absolute atomic E-state index is 0.147. The molecule has 1 heterocycles. The Morgan fingerprint density at radius 2 is 1.87 bits per heavy atom. The maximum absolute atomic E-state index is 13.5. The van der Waals surface area contributed by atoms with Crippen LogP contribution < -0.4 is 15.8 Å². The number of hydrogen-bond acceptors (Lipinski definition) is 5. The summed E-state index contributed by atoms with van der Waals surface area (Å²) in [5.41, 5.74) is 7.21. The van der Waals surface area contributed by atoms with Crippen molar-refractivity contribution in [1.29, 1.82) is 0 Å². The van der Waals surface area contributed by atoms with E-state index in [2.05, 4.69) is 22.3 Å². The zero-order chi connectivity index (χ0) is 26.9. The number of amides is 2. The number of carbonyl (C=O) groups is 2. The molecule has 2 fully saturated rings. The van der Waals surface area contributed by atoms with E-state index < -0.39 is 11.9 Å². The van der Waals surface area contributed by atoms with Crippen LogP contribution in [-0.2, 0) is 11.3 Å². The zero-order valence-electron chi connectivity index (χ0n) is 22.4. The summed E-state index contributed by atoms with van der Waals surface area (Å²) in [5, 5.41) is 2.90. The molecule has 38 heavy (non-hydrogen) atoms. The first kappa shape index (κ1) is 28.0. The van der Waals surface area contributed by atoms with Crippen LogP contribution in [0.2, 0.25) is 0 Å². The molecule has 2 atom stereocenters. The lowest BCUT2D eigenvalue weighted by Crippen LogP contribution is -2.58. The summed E-state index contributed by atoms with van der Waals surface area (Å²) in [6.07, 6.45) is 7.62. The summed E-state index contributed by atoms with van der Waals surface area (Å²) in [5.74, 6) is 0.641. The molecule has 1 aliphatic heterocycles. The average molecular weight is 525 g/mol. The number of carbonyl (C=O) groups excluding carboxylic acids is 2. The van der Waals surface area contributed by atoms with Crippen LogP contribution in [0, 0.1) is 11.7 Å². The summed E-state index contributed by atoms with van der Waals surface area (Å²) in [4.78, 5) is 30.9. The van der Waals surface area contributed by atoms with E-state index in [0.29, 0.717) is 37.5 Å². The van der Waals surface area contributed by atoms with E-state index in [0.717, 1.165) is 25.3 Å². The largest absolute Gasteiger partial charge is 0.497 e. The molecule has 1 saturated carbocycles. The number of likely N-dealkylation sites (tertiary alicyclic amines) is 1. The Morgan fingerprint density at radius 1 is 1.11 bits per heavy atom. The smallest absolute Gasteiger partial charge is 0.254 e. The van der Waals surface area contributed by atoms with Gasteiger partial charge in [-0.25, -0.2) is 4.39 Å². The van der Waals surface area contributed by atoms with Crippen molar-refractivity contribution >= 4 is 11.8 Å². The van der Waals surface area contributed by atoms with Crippen LogP contribution in [0.3, 0.4) is 0 Å². The molecule has 2 aliphatic rings. The van der Waals surface area contributed by atoms with Crippen LogP contribution in [0.15, 0.2) is 48.5 Å². The minimum Gasteiger partial charge on any atom is -0.497 e. The SMILES string of the molecule is COc1cccc(CN(CC2CCCCC2)C2CCN(C(=O)c3ccc(F)cc3)[C@@H](C(=O)NCCN)C2)c1. The van der Waals surface area contributed by atoms with Crippen molar-refractivity contribution in [2.75, 3.05) is 33.3 Å². The average Bonchev–Trinajstić information content (AvgIpc) is 2.96. The Bertz CT molecular complexity index is 1060. The van der Waals surface area contributed by atoms with Gasteiger partial charge in [-0.3, -0.25) is 14.5 Å². The third kappa shape index (κ3) is 7.32. The molecule has 206 valence electrons. The molecule has 2 aromatic rings. The van der Waals surface area contributed by atoms with E-state index in [4.69, 9.17) is 10.5 Å². The van der Waals surface area contributed by atoms with Crippen molar-refractivity contribution in [3.8, 4) is 5.75 Å². The highest BCUT2D eigenvalue weighted by Crippen LogP contribution is 2.30. The monoisotopic (exact) mass is 524 g/mol. The van der Waals surface area contributed by atoms with Gasteiger partial charge in [0.25, 0.3) is 5.91 Å². The molecule has 2 amide bonds. The number of ether oxygens (including phenoxy) is 1. The second kappa shape index (κ2) is 13.7. The van der Waals surface area contributed by atoms with Crippen LogP contribution in [0.25, 0.3) is 0 Å². The highest BCUT2D eigenvalue weighted by molar-refractivity contribution is 5.97. The molecule has 7 nitrogen and oxygen atoms in total. The Balaban J connectivity index is 1.56. The van der Waals surface area contributed by atoms with Gasteiger partial charge in [-0.2, -0.15) is 0 Å². The van der Waals surface area contributed by atoms with E-state index in [9.17, 15) is 14.0 Å². The first-order valence-electron chi connectivity index (χ1n) is 13.9. The van der Waals surface area contributed by atoms with Gasteiger partial charge in [-0.15, -0.1) is 0 Å². The predicted octanol–water partition coefficient (Wildman–Crippen LogP) is 3.96. The van der Waals surface area contributed by atoms with Crippen LogP contribution in [-0.4, -0.2) is 67.0 Å². The highest BCUT2D eigenvalue weighted by Gasteiger charge is 2.39. The van der Waals surface area contributed by atoms with E-state index in [1.165, 1.54) is 61.9 Å². The first-order valence-corrected chi connectivity index (χ1v) is 13.9. The maximum Gasteiger partial charge on any atom is 0.254 e. The lowest BCUT2D eigenvalue weighted by Gasteiger charge is -2.44. The standard InChI is InChI=1S/C30H41FN4O3/c1-38-27-9-5-8-23(18-27)21-34(20-22-6-3-2-4-7-22)26-14-17-35(28(19-26)29(36)33-16-15-32)30(37)24-10-12-25(31)13-11-24/h5,8-13,18,22,26,28H,2-4,6-7,14-17,19-21,32H2,1H3,(H,33,36)/t26?,28-/m1/s1. The van der Waals surface area contributed by atoms with E-state index in [-0.39, 0.29) is 17.9 Å². The number of nitrogens with zero attached hydrogens (tertiary/aromatic N) is 2. The molecule has 0 radical (unpaired) electrons. The molecular formula is C30H41FN4O3. The molecule has 0 bridgehead atoms. The van der Waals surface area contributed by atoms with E-state index in [1.807, 2.05) is 12.1 Å². The molecule has 8 heteroatoms. The summed E-state index contributed by atoms with van der Waals surface area (Å²) >= 11 is 0. The Kier molecular flexibility index (Phi) is 10.1. The van der Waals surface area contributed by atoms with E-state index >= 15 is 0 Å². The molecule has 2 aromatic carbocycles. The van der Waals surface area contributed by atoms with Crippen LogP contribution in [0.4, 0.5) is 4.39 Å². The third-order valence-corrected chi connectivity index (χ3v) is 7.93. The first-order chi connectivity index (χ1) is 18.5. The lowest BCUT2D eigenvalue weighted by atomic mass is 9.87.